The molecule has 1 atom stereocenters. The van der Waals surface area contributed by atoms with E-state index in [-0.39, 0.29) is 5.91 Å². The molecule has 1 aromatic carbocycles. The molecule has 3 rings (SSSR count). The lowest BCUT2D eigenvalue weighted by Crippen LogP contribution is -2.41. The molecule has 2 heterocycles. The van der Waals surface area contributed by atoms with Crippen LogP contribution in [0.2, 0.25) is 0 Å². The van der Waals surface area contributed by atoms with Gasteiger partial charge in [0.2, 0.25) is 0 Å². The number of hydrogen-bond donors (Lipinski definition) is 2. The van der Waals surface area contributed by atoms with Crippen LogP contribution in [0.4, 0.5) is 4.79 Å². The molecule has 23 heavy (non-hydrogen) atoms. The number of rotatable bonds is 2. The zero-order valence-electron chi connectivity index (χ0n) is 14.0. The van der Waals surface area contributed by atoms with Crippen LogP contribution < -0.4 is 16.1 Å². The van der Waals surface area contributed by atoms with Gasteiger partial charge in [-0.3, -0.25) is 10.1 Å². The van der Waals surface area contributed by atoms with Crippen molar-refractivity contribution >= 4 is 24.5 Å². The van der Waals surface area contributed by atoms with Gasteiger partial charge in [-0.15, -0.1) is 0 Å². The van der Waals surface area contributed by atoms with E-state index in [0.717, 1.165) is 5.46 Å². The Hall–Kier alpha value is -1.86. The average Bonchev–Trinajstić information content (AvgIpc) is 2.83. The van der Waals surface area contributed by atoms with Crippen molar-refractivity contribution in [1.29, 1.82) is 0 Å². The first-order chi connectivity index (χ1) is 10.6. The quantitative estimate of drug-likeness (QED) is 0.631. The highest BCUT2D eigenvalue weighted by Crippen LogP contribution is 2.36. The summed E-state index contributed by atoms with van der Waals surface area (Å²) < 4.78 is 12.0. The van der Waals surface area contributed by atoms with Crippen LogP contribution in [0.3, 0.4) is 0 Å². The zero-order valence-corrected chi connectivity index (χ0v) is 14.0. The van der Waals surface area contributed by atoms with Gasteiger partial charge in [0.1, 0.15) is 5.54 Å². The van der Waals surface area contributed by atoms with Gasteiger partial charge in [-0.1, -0.05) is 24.3 Å². The van der Waals surface area contributed by atoms with Crippen molar-refractivity contribution in [1.82, 2.24) is 10.6 Å². The second-order valence-electron chi connectivity index (χ2n) is 7.24. The number of nitrogens with one attached hydrogen (secondary N) is 2. The molecule has 6 nitrogen and oxygen atoms in total. The van der Waals surface area contributed by atoms with Gasteiger partial charge < -0.3 is 14.6 Å². The van der Waals surface area contributed by atoms with Gasteiger partial charge in [0, 0.05) is 0 Å². The summed E-state index contributed by atoms with van der Waals surface area (Å²) >= 11 is 0. The molecule has 2 N–H and O–H groups in total. The number of carbonyl (C=O) groups excluding carboxylic acids is 2. The molecular weight excluding hydrogens is 295 g/mol. The highest BCUT2D eigenvalue weighted by Gasteiger charge is 2.52. The van der Waals surface area contributed by atoms with E-state index in [1.807, 2.05) is 52.0 Å². The first-order valence-corrected chi connectivity index (χ1v) is 7.65. The van der Waals surface area contributed by atoms with Crippen molar-refractivity contribution < 1.29 is 18.9 Å². The maximum atomic E-state index is 12.0. The van der Waals surface area contributed by atoms with Crippen molar-refractivity contribution in [3.63, 3.8) is 0 Å². The number of hydrogen-bond acceptors (Lipinski definition) is 4. The predicted octanol–water partition coefficient (Wildman–Crippen LogP) is 1.04. The molecule has 2 aliphatic rings. The van der Waals surface area contributed by atoms with Crippen molar-refractivity contribution in [2.24, 2.45) is 0 Å². The van der Waals surface area contributed by atoms with Gasteiger partial charge in [0.25, 0.3) is 5.91 Å². The number of amides is 3. The normalized spacial score (nSPS) is 28.7. The Morgan fingerprint density at radius 3 is 1.87 bits per heavy atom. The summed E-state index contributed by atoms with van der Waals surface area (Å²) in [6, 6.07) is 6.87. The Labute approximate surface area is 136 Å². The van der Waals surface area contributed by atoms with Crippen molar-refractivity contribution in [3.8, 4) is 0 Å². The number of urea groups is 1. The SMILES string of the molecule is CC1(c2ccc(B3OC(C)(C)C(C)(C)O3)cc2)NC(=O)NC1=O. The van der Waals surface area contributed by atoms with E-state index in [1.165, 1.54) is 0 Å². The van der Waals surface area contributed by atoms with Crippen molar-refractivity contribution in [2.45, 2.75) is 51.4 Å². The minimum absolute atomic E-state index is 0.356. The molecule has 2 saturated heterocycles. The second kappa shape index (κ2) is 4.82. The van der Waals surface area contributed by atoms with Crippen LogP contribution in [0.1, 0.15) is 40.2 Å². The van der Waals surface area contributed by atoms with Gasteiger partial charge in [-0.25, -0.2) is 4.79 Å². The summed E-state index contributed by atoms with van der Waals surface area (Å²) in [4.78, 5) is 23.4. The Bertz CT molecular complexity index is 655. The van der Waals surface area contributed by atoms with E-state index in [1.54, 1.807) is 6.92 Å². The monoisotopic (exact) mass is 316 g/mol. The zero-order chi connectivity index (χ0) is 17.0. The summed E-state index contributed by atoms with van der Waals surface area (Å²) in [7, 11) is -0.450. The minimum atomic E-state index is -1.05. The molecule has 2 fully saturated rings. The van der Waals surface area contributed by atoms with Gasteiger partial charge in [0.15, 0.2) is 0 Å². The number of carbonyl (C=O) groups is 2. The van der Waals surface area contributed by atoms with E-state index in [0.29, 0.717) is 5.56 Å². The Morgan fingerprint density at radius 2 is 1.43 bits per heavy atom. The highest BCUT2D eigenvalue weighted by molar-refractivity contribution is 6.62. The summed E-state index contributed by atoms with van der Waals surface area (Å²) in [5.74, 6) is -0.356. The minimum Gasteiger partial charge on any atom is -0.399 e. The van der Waals surface area contributed by atoms with Crippen molar-refractivity contribution in [2.75, 3.05) is 0 Å². The van der Waals surface area contributed by atoms with Crippen molar-refractivity contribution in [3.05, 3.63) is 29.8 Å². The van der Waals surface area contributed by atoms with E-state index in [9.17, 15) is 9.59 Å². The third-order valence-electron chi connectivity index (χ3n) is 5.06. The fraction of sp³-hybridized carbons (Fsp3) is 0.500. The topological polar surface area (TPSA) is 76.7 Å². The molecule has 0 aliphatic carbocycles. The lowest BCUT2D eigenvalue weighted by atomic mass is 9.77. The summed E-state index contributed by atoms with van der Waals surface area (Å²) in [5, 5.41) is 4.91. The maximum Gasteiger partial charge on any atom is 0.494 e. The fourth-order valence-corrected chi connectivity index (χ4v) is 2.70. The Morgan fingerprint density at radius 1 is 0.913 bits per heavy atom. The molecule has 1 aromatic rings. The van der Waals surface area contributed by atoms with Gasteiger partial charge >= 0.3 is 13.1 Å². The van der Waals surface area contributed by atoms with E-state index in [4.69, 9.17) is 9.31 Å². The van der Waals surface area contributed by atoms with Crippen LogP contribution in [0.25, 0.3) is 0 Å². The molecule has 0 saturated carbocycles. The molecular formula is C16H21BN2O4. The summed E-state index contributed by atoms with van der Waals surface area (Å²) in [6.45, 7) is 9.68. The Kier molecular flexibility index (Phi) is 3.36. The predicted molar refractivity (Wildman–Crippen MR) is 86.2 cm³/mol. The maximum absolute atomic E-state index is 12.0. The first kappa shape index (κ1) is 16.0. The van der Waals surface area contributed by atoms with Gasteiger partial charge in [-0.2, -0.15) is 0 Å². The van der Waals surface area contributed by atoms with E-state index < -0.39 is 29.9 Å². The molecule has 0 radical (unpaired) electrons. The number of imide groups is 1. The summed E-state index contributed by atoms with van der Waals surface area (Å²) in [6.07, 6.45) is 0. The second-order valence-corrected chi connectivity index (χ2v) is 7.24. The Balaban J connectivity index is 1.84. The van der Waals surface area contributed by atoms with Crippen LogP contribution in [0.15, 0.2) is 24.3 Å². The van der Waals surface area contributed by atoms with Crippen LogP contribution in [-0.2, 0) is 19.6 Å². The third-order valence-corrected chi connectivity index (χ3v) is 5.06. The third kappa shape index (κ3) is 2.44. The molecule has 2 aliphatic heterocycles. The largest absolute Gasteiger partial charge is 0.494 e. The smallest absolute Gasteiger partial charge is 0.399 e. The fourth-order valence-electron chi connectivity index (χ4n) is 2.70. The van der Waals surface area contributed by atoms with Crippen LogP contribution in [-0.4, -0.2) is 30.3 Å². The molecule has 122 valence electrons. The van der Waals surface area contributed by atoms with Gasteiger partial charge in [-0.05, 0) is 45.6 Å². The van der Waals surface area contributed by atoms with Crippen LogP contribution >= 0.6 is 0 Å². The lowest BCUT2D eigenvalue weighted by molar-refractivity contribution is -0.123. The average molecular weight is 316 g/mol. The van der Waals surface area contributed by atoms with Crippen LogP contribution in [0, 0.1) is 0 Å². The standard InChI is InChI=1S/C16H21BN2O4/c1-14(2)15(3,4)23-17(22-14)11-8-6-10(7-9-11)16(5)12(20)18-13(21)19-16/h6-9H,1-5H3,(H2,18,19,20,21). The van der Waals surface area contributed by atoms with E-state index >= 15 is 0 Å². The molecule has 0 aromatic heterocycles. The molecule has 0 spiro atoms. The molecule has 7 heteroatoms. The molecule has 0 bridgehead atoms. The summed E-state index contributed by atoms with van der Waals surface area (Å²) in [5.41, 5.74) is -0.267. The van der Waals surface area contributed by atoms with Crippen LogP contribution in [0.5, 0.6) is 0 Å². The van der Waals surface area contributed by atoms with Gasteiger partial charge in [0.05, 0.1) is 11.2 Å². The lowest BCUT2D eigenvalue weighted by Gasteiger charge is -2.32. The van der Waals surface area contributed by atoms with E-state index in [2.05, 4.69) is 10.6 Å². The molecule has 3 amide bonds. The highest BCUT2D eigenvalue weighted by atomic mass is 16.7. The first-order valence-electron chi connectivity index (χ1n) is 7.65. The molecule has 1 unspecified atom stereocenters. The number of benzene rings is 1.